The van der Waals surface area contributed by atoms with Crippen molar-refractivity contribution in [1.29, 1.82) is 0 Å². The summed E-state index contributed by atoms with van der Waals surface area (Å²) < 4.78 is 0. The second kappa shape index (κ2) is 4.84. The van der Waals surface area contributed by atoms with Crippen molar-refractivity contribution in [3.05, 3.63) is 0 Å². The van der Waals surface area contributed by atoms with Gasteiger partial charge in [-0.25, -0.2) is 4.79 Å². The Hall–Kier alpha value is -1.06. The van der Waals surface area contributed by atoms with E-state index >= 15 is 0 Å². The van der Waals surface area contributed by atoms with Crippen LogP contribution in [0, 0.1) is 0 Å². The van der Waals surface area contributed by atoms with E-state index in [2.05, 4.69) is 12.1 Å². The summed E-state index contributed by atoms with van der Waals surface area (Å²) in [6.45, 7) is 2.13. The summed E-state index contributed by atoms with van der Waals surface area (Å²) in [5, 5.41) is 12.4. The average Bonchev–Trinajstić information content (AvgIpc) is 2.53. The van der Waals surface area contributed by atoms with E-state index in [4.69, 9.17) is 9.94 Å². The first-order chi connectivity index (χ1) is 6.24. The van der Waals surface area contributed by atoms with Crippen molar-refractivity contribution in [2.75, 3.05) is 0 Å². The van der Waals surface area contributed by atoms with Crippen LogP contribution in [0.2, 0.25) is 0 Å². The van der Waals surface area contributed by atoms with E-state index in [0.29, 0.717) is 6.42 Å². The van der Waals surface area contributed by atoms with E-state index in [9.17, 15) is 4.79 Å². The van der Waals surface area contributed by atoms with Crippen molar-refractivity contribution >= 4 is 11.7 Å². The number of oxime groups is 1. The van der Waals surface area contributed by atoms with Crippen LogP contribution >= 0.6 is 0 Å². The van der Waals surface area contributed by atoms with Gasteiger partial charge in [0.2, 0.25) is 6.10 Å². The quantitative estimate of drug-likeness (QED) is 0.664. The van der Waals surface area contributed by atoms with Gasteiger partial charge in [-0.1, -0.05) is 24.9 Å². The summed E-state index contributed by atoms with van der Waals surface area (Å²) in [6.07, 6.45) is 3.99. The molecule has 1 N–H and O–H groups in total. The first-order valence-electron chi connectivity index (χ1n) is 4.68. The molecule has 0 amide bonds. The van der Waals surface area contributed by atoms with Crippen LogP contribution in [0.4, 0.5) is 0 Å². The highest BCUT2D eigenvalue weighted by molar-refractivity contribution is 5.90. The largest absolute Gasteiger partial charge is 0.478 e. The van der Waals surface area contributed by atoms with Gasteiger partial charge in [-0.3, -0.25) is 0 Å². The van der Waals surface area contributed by atoms with Gasteiger partial charge < -0.3 is 9.94 Å². The van der Waals surface area contributed by atoms with Crippen LogP contribution in [0.3, 0.4) is 0 Å². The molecular formula is C9H15NO3. The third kappa shape index (κ3) is 3.05. The molecule has 1 heterocycles. The van der Waals surface area contributed by atoms with E-state index in [1.807, 2.05) is 0 Å². The molecule has 0 aromatic carbocycles. The Morgan fingerprint density at radius 2 is 2.46 bits per heavy atom. The Kier molecular flexibility index (Phi) is 3.73. The third-order valence-electron chi connectivity index (χ3n) is 2.07. The molecule has 4 nitrogen and oxygen atoms in total. The number of carboxylic acids is 1. The number of carboxylic acid groups (broad SMARTS) is 1. The lowest BCUT2D eigenvalue weighted by atomic mass is 10.1. The highest BCUT2D eigenvalue weighted by Gasteiger charge is 2.26. The molecule has 0 bridgehead atoms. The van der Waals surface area contributed by atoms with Crippen LogP contribution in [0.1, 0.15) is 39.0 Å². The van der Waals surface area contributed by atoms with E-state index < -0.39 is 12.1 Å². The zero-order valence-corrected chi connectivity index (χ0v) is 7.82. The van der Waals surface area contributed by atoms with Crippen molar-refractivity contribution in [3.8, 4) is 0 Å². The zero-order chi connectivity index (χ0) is 9.68. The van der Waals surface area contributed by atoms with Gasteiger partial charge in [0.05, 0.1) is 5.71 Å². The fourth-order valence-corrected chi connectivity index (χ4v) is 1.29. The summed E-state index contributed by atoms with van der Waals surface area (Å²) in [5.41, 5.74) is 0.890. The molecule has 0 spiro atoms. The molecule has 13 heavy (non-hydrogen) atoms. The molecule has 1 aliphatic rings. The van der Waals surface area contributed by atoms with Crippen LogP contribution in [-0.4, -0.2) is 22.9 Å². The van der Waals surface area contributed by atoms with Crippen LogP contribution in [0.5, 0.6) is 0 Å². The molecule has 0 saturated carbocycles. The molecule has 1 unspecified atom stereocenters. The number of unbranched alkanes of at least 4 members (excludes halogenated alkanes) is 2. The maximum absolute atomic E-state index is 10.5. The molecule has 1 aliphatic heterocycles. The first kappa shape index (κ1) is 10.0. The minimum absolute atomic E-state index is 0.457. The minimum Gasteiger partial charge on any atom is -0.478 e. The normalized spacial score (nSPS) is 21.0. The monoisotopic (exact) mass is 185 g/mol. The van der Waals surface area contributed by atoms with E-state index in [0.717, 1.165) is 31.4 Å². The average molecular weight is 185 g/mol. The lowest BCUT2D eigenvalue weighted by molar-refractivity contribution is -0.148. The molecule has 0 aliphatic carbocycles. The van der Waals surface area contributed by atoms with E-state index in [1.54, 1.807) is 0 Å². The highest BCUT2D eigenvalue weighted by atomic mass is 16.7. The fourth-order valence-electron chi connectivity index (χ4n) is 1.29. The van der Waals surface area contributed by atoms with Crippen LogP contribution in [0.25, 0.3) is 0 Å². The van der Waals surface area contributed by atoms with Gasteiger partial charge in [-0.15, -0.1) is 0 Å². The number of aliphatic carboxylic acids is 1. The summed E-state index contributed by atoms with van der Waals surface area (Å²) in [4.78, 5) is 15.2. The topological polar surface area (TPSA) is 58.9 Å². The first-order valence-corrected chi connectivity index (χ1v) is 4.68. The van der Waals surface area contributed by atoms with Crippen molar-refractivity contribution in [2.45, 2.75) is 45.1 Å². The lowest BCUT2D eigenvalue weighted by Gasteiger charge is -1.99. The molecule has 74 valence electrons. The van der Waals surface area contributed by atoms with Crippen molar-refractivity contribution in [1.82, 2.24) is 0 Å². The van der Waals surface area contributed by atoms with Gasteiger partial charge >= 0.3 is 5.97 Å². The highest BCUT2D eigenvalue weighted by Crippen LogP contribution is 2.15. The van der Waals surface area contributed by atoms with Crippen LogP contribution in [-0.2, 0) is 9.63 Å². The van der Waals surface area contributed by atoms with Crippen LogP contribution in [0.15, 0.2) is 5.16 Å². The Bertz CT molecular complexity index is 213. The molecule has 0 fully saturated rings. The van der Waals surface area contributed by atoms with E-state index in [1.165, 1.54) is 0 Å². The molecule has 0 saturated heterocycles. The lowest BCUT2D eigenvalue weighted by Crippen LogP contribution is -2.19. The van der Waals surface area contributed by atoms with Gasteiger partial charge in [-0.2, -0.15) is 0 Å². The number of hydrogen-bond acceptors (Lipinski definition) is 3. The molecule has 1 atom stereocenters. The number of carbonyl (C=O) groups is 1. The number of nitrogens with zero attached hydrogens (tertiary/aromatic N) is 1. The van der Waals surface area contributed by atoms with Gasteiger partial charge in [-0.05, 0) is 12.8 Å². The summed E-state index contributed by atoms with van der Waals surface area (Å²) >= 11 is 0. The zero-order valence-electron chi connectivity index (χ0n) is 7.82. The van der Waals surface area contributed by atoms with Crippen molar-refractivity contribution in [3.63, 3.8) is 0 Å². The minimum atomic E-state index is -0.922. The number of hydrogen-bond donors (Lipinski definition) is 1. The molecule has 1 rings (SSSR count). The molecule has 0 radical (unpaired) electrons. The van der Waals surface area contributed by atoms with E-state index in [-0.39, 0.29) is 0 Å². The smallest absolute Gasteiger partial charge is 0.348 e. The standard InChI is InChI=1S/C9H15NO3/c1-2-3-4-5-7-6-8(9(11)12)13-10-7/h8H,2-6H2,1H3,(H,11,12). The predicted molar refractivity (Wildman–Crippen MR) is 48.7 cm³/mol. The Labute approximate surface area is 77.6 Å². The van der Waals surface area contributed by atoms with Crippen LogP contribution < -0.4 is 0 Å². The fraction of sp³-hybridized carbons (Fsp3) is 0.778. The second-order valence-corrected chi connectivity index (χ2v) is 3.25. The van der Waals surface area contributed by atoms with Gasteiger partial charge in [0.25, 0.3) is 0 Å². The van der Waals surface area contributed by atoms with Crippen molar-refractivity contribution in [2.24, 2.45) is 5.16 Å². The number of rotatable bonds is 5. The Balaban J connectivity index is 2.20. The summed E-state index contributed by atoms with van der Waals surface area (Å²) in [7, 11) is 0. The van der Waals surface area contributed by atoms with Gasteiger partial charge in [0, 0.05) is 6.42 Å². The Morgan fingerprint density at radius 3 is 3.00 bits per heavy atom. The molecule has 0 aromatic heterocycles. The van der Waals surface area contributed by atoms with Gasteiger partial charge in [0.15, 0.2) is 0 Å². The van der Waals surface area contributed by atoms with Crippen molar-refractivity contribution < 1.29 is 14.7 Å². The maximum Gasteiger partial charge on any atom is 0.348 e. The maximum atomic E-state index is 10.5. The third-order valence-corrected chi connectivity index (χ3v) is 2.07. The second-order valence-electron chi connectivity index (χ2n) is 3.25. The predicted octanol–water partition coefficient (Wildman–Crippen LogP) is 1.80. The summed E-state index contributed by atoms with van der Waals surface area (Å²) in [6, 6.07) is 0. The molecule has 4 heteroatoms. The SMILES string of the molecule is CCCCCC1=NOC(C(=O)O)C1. The summed E-state index contributed by atoms with van der Waals surface area (Å²) in [5.74, 6) is -0.922. The Morgan fingerprint density at radius 1 is 1.69 bits per heavy atom. The molecule has 0 aromatic rings. The van der Waals surface area contributed by atoms with Gasteiger partial charge in [0.1, 0.15) is 0 Å². The molecular weight excluding hydrogens is 170 g/mol.